The number of rotatable bonds is 3. The zero-order valence-corrected chi connectivity index (χ0v) is 12.9. The second kappa shape index (κ2) is 6.20. The molecule has 2 heterocycles. The normalized spacial score (nSPS) is 13.9. The summed E-state index contributed by atoms with van der Waals surface area (Å²) in [4.78, 5) is 16.5. The molecule has 1 aliphatic rings. The molecule has 1 aromatic carbocycles. The number of halogens is 1. The Balaban J connectivity index is 1.84. The maximum absolute atomic E-state index is 12.4. The third kappa shape index (κ3) is 3.07. The van der Waals surface area contributed by atoms with E-state index in [9.17, 15) is 9.82 Å². The highest BCUT2D eigenvalue weighted by Gasteiger charge is 2.25. The van der Waals surface area contributed by atoms with Crippen molar-refractivity contribution in [3.05, 3.63) is 57.9 Å². The average molecular weight is 316 g/mol. The largest absolute Gasteiger partial charge is 0.491 e. The van der Waals surface area contributed by atoms with Gasteiger partial charge >= 0.3 is 7.12 Å². The van der Waals surface area contributed by atoms with E-state index >= 15 is 0 Å². The lowest BCUT2D eigenvalue weighted by Gasteiger charge is -2.19. The van der Waals surface area contributed by atoms with Crippen LogP contribution in [0.2, 0.25) is 5.02 Å². The first-order chi connectivity index (χ1) is 10.5. The lowest BCUT2D eigenvalue weighted by Crippen LogP contribution is -2.41. The van der Waals surface area contributed by atoms with Crippen LogP contribution in [0.15, 0.2) is 30.5 Å². The van der Waals surface area contributed by atoms with Crippen molar-refractivity contribution < 1.29 is 14.5 Å². The Morgan fingerprint density at radius 1 is 1.45 bits per heavy atom. The molecule has 4 nitrogen and oxygen atoms in total. The van der Waals surface area contributed by atoms with Gasteiger partial charge in [-0.2, -0.15) is 0 Å². The molecule has 0 bridgehead atoms. The van der Waals surface area contributed by atoms with Crippen LogP contribution in [0, 0.1) is 6.92 Å². The second-order valence-corrected chi connectivity index (χ2v) is 5.86. The van der Waals surface area contributed by atoms with Gasteiger partial charge in [-0.25, -0.2) is 0 Å². The van der Waals surface area contributed by atoms with Crippen LogP contribution in [-0.2, 0) is 17.5 Å². The highest BCUT2D eigenvalue weighted by molar-refractivity contribution is 6.60. The Kier molecular flexibility index (Phi) is 4.29. The van der Waals surface area contributed by atoms with Crippen molar-refractivity contribution in [3.63, 3.8) is 0 Å². The highest BCUT2D eigenvalue weighted by Crippen LogP contribution is 2.18. The fourth-order valence-electron chi connectivity index (χ4n) is 2.59. The van der Waals surface area contributed by atoms with E-state index in [2.05, 4.69) is 4.98 Å². The first kappa shape index (κ1) is 15.2. The molecule has 0 fully saturated rings. The summed E-state index contributed by atoms with van der Waals surface area (Å²) in [5.41, 5.74) is 3.80. The van der Waals surface area contributed by atoms with E-state index in [1.807, 2.05) is 25.1 Å². The van der Waals surface area contributed by atoms with E-state index < -0.39 is 7.12 Å². The van der Waals surface area contributed by atoms with Gasteiger partial charge in [0.25, 0.3) is 0 Å². The summed E-state index contributed by atoms with van der Waals surface area (Å²) >= 11 is 6.09. The summed E-state index contributed by atoms with van der Waals surface area (Å²) in [6.45, 7) is 2.38. The smallest absolute Gasteiger partial charge is 0.423 e. The van der Waals surface area contributed by atoms with Crippen LogP contribution in [-0.4, -0.2) is 29.5 Å². The molecule has 0 radical (unpaired) electrons. The van der Waals surface area contributed by atoms with Crippen LogP contribution in [0.3, 0.4) is 0 Å². The second-order valence-electron chi connectivity index (χ2n) is 5.45. The molecule has 112 valence electrons. The van der Waals surface area contributed by atoms with E-state index in [-0.39, 0.29) is 17.9 Å². The monoisotopic (exact) mass is 315 g/mol. The molecule has 0 atom stereocenters. The van der Waals surface area contributed by atoms with Crippen molar-refractivity contribution in [2.24, 2.45) is 0 Å². The number of fused-ring (bicyclic) bond motifs is 1. The summed E-state index contributed by atoms with van der Waals surface area (Å²) in [5.74, 6) is -0.142. The fraction of sp³-hybridized carbons (Fsp3) is 0.250. The third-order valence-electron chi connectivity index (χ3n) is 3.73. The molecule has 1 aliphatic heterocycles. The predicted octanol–water partition coefficient (Wildman–Crippen LogP) is 1.73. The Morgan fingerprint density at radius 3 is 3.05 bits per heavy atom. The van der Waals surface area contributed by atoms with Crippen LogP contribution in [0.5, 0.6) is 0 Å². The van der Waals surface area contributed by atoms with Gasteiger partial charge in [0, 0.05) is 19.2 Å². The molecular weight excluding hydrogens is 300 g/mol. The summed E-state index contributed by atoms with van der Waals surface area (Å²) in [7, 11) is -0.917. The molecule has 0 saturated carbocycles. The number of nitrogens with zero attached hydrogens (tertiary/aromatic N) is 1. The minimum Gasteiger partial charge on any atom is -0.423 e. The van der Waals surface area contributed by atoms with Crippen molar-refractivity contribution in [2.45, 2.75) is 19.8 Å². The number of aryl methyl sites for hydroxylation is 1. The van der Waals surface area contributed by atoms with Crippen LogP contribution in [0.4, 0.5) is 0 Å². The first-order valence-electron chi connectivity index (χ1n) is 7.11. The van der Waals surface area contributed by atoms with Gasteiger partial charge < -0.3 is 9.68 Å². The maximum atomic E-state index is 12.4. The molecule has 1 N–H and O–H groups in total. The molecular formula is C16H15BClNO3. The first-order valence-corrected chi connectivity index (χ1v) is 7.49. The fourth-order valence-corrected chi connectivity index (χ4v) is 2.92. The van der Waals surface area contributed by atoms with Crippen LogP contribution < -0.4 is 5.46 Å². The zero-order valence-electron chi connectivity index (χ0n) is 12.2. The van der Waals surface area contributed by atoms with Crippen molar-refractivity contribution in [3.8, 4) is 0 Å². The standard InChI is InChI=1S/C16H15BClNO3/c1-10-6-14(18)16(19-9-10)15(20)8-11-2-3-12-4-5-22-17(21)13(12)7-11/h2-3,6-7,9,21H,4-5,8H2,1H3. The molecule has 2 aromatic rings. The van der Waals surface area contributed by atoms with E-state index in [4.69, 9.17) is 16.3 Å². The third-order valence-corrected chi connectivity index (χ3v) is 4.02. The Hall–Kier alpha value is -1.69. The molecule has 0 unspecified atom stereocenters. The molecule has 0 saturated heterocycles. The number of hydrogen-bond acceptors (Lipinski definition) is 4. The summed E-state index contributed by atoms with van der Waals surface area (Å²) < 4.78 is 5.22. The van der Waals surface area contributed by atoms with Gasteiger partial charge in [0.05, 0.1) is 5.02 Å². The van der Waals surface area contributed by atoms with Gasteiger partial charge in [0.2, 0.25) is 0 Å². The minimum atomic E-state index is -0.917. The summed E-state index contributed by atoms with van der Waals surface area (Å²) in [6, 6.07) is 7.39. The SMILES string of the molecule is Cc1cnc(C(=O)Cc2ccc3c(c2)B(O)OCC3)c(Cl)c1. The van der Waals surface area contributed by atoms with Crippen molar-refractivity contribution in [1.29, 1.82) is 0 Å². The van der Waals surface area contributed by atoms with Crippen LogP contribution in [0.25, 0.3) is 0 Å². The lowest BCUT2D eigenvalue weighted by atomic mass is 9.73. The number of pyridine rings is 1. The molecule has 0 spiro atoms. The number of ketones is 1. The number of carbonyl (C=O) groups is 1. The van der Waals surface area contributed by atoms with Gasteiger partial charge in [-0.1, -0.05) is 29.8 Å². The van der Waals surface area contributed by atoms with Gasteiger partial charge in [-0.3, -0.25) is 9.78 Å². The predicted molar refractivity (Wildman–Crippen MR) is 85.7 cm³/mol. The van der Waals surface area contributed by atoms with Crippen molar-refractivity contribution in [1.82, 2.24) is 4.98 Å². The molecule has 1 aromatic heterocycles. The average Bonchev–Trinajstić information content (AvgIpc) is 2.48. The summed E-state index contributed by atoms with van der Waals surface area (Å²) in [6.07, 6.45) is 2.59. The van der Waals surface area contributed by atoms with Gasteiger partial charge in [0.15, 0.2) is 5.78 Å². The maximum Gasteiger partial charge on any atom is 0.491 e. The molecule has 22 heavy (non-hydrogen) atoms. The Bertz CT molecular complexity index is 735. The Labute approximate surface area is 134 Å². The molecule has 3 rings (SSSR count). The minimum absolute atomic E-state index is 0.142. The number of aromatic nitrogens is 1. The molecule has 6 heteroatoms. The van der Waals surface area contributed by atoms with Gasteiger partial charge in [0.1, 0.15) is 5.69 Å². The van der Waals surface area contributed by atoms with E-state index in [1.165, 1.54) is 0 Å². The number of carbonyl (C=O) groups excluding carboxylic acids is 1. The van der Waals surface area contributed by atoms with E-state index in [0.29, 0.717) is 11.6 Å². The van der Waals surface area contributed by atoms with Crippen LogP contribution in [0.1, 0.15) is 27.2 Å². The van der Waals surface area contributed by atoms with E-state index in [0.717, 1.165) is 28.6 Å². The van der Waals surface area contributed by atoms with Gasteiger partial charge in [-0.05, 0) is 41.6 Å². The zero-order chi connectivity index (χ0) is 15.7. The summed E-state index contributed by atoms with van der Waals surface area (Å²) in [5, 5.41) is 10.2. The van der Waals surface area contributed by atoms with Gasteiger partial charge in [-0.15, -0.1) is 0 Å². The quantitative estimate of drug-likeness (QED) is 0.692. The van der Waals surface area contributed by atoms with Crippen LogP contribution >= 0.6 is 11.6 Å². The Morgan fingerprint density at radius 2 is 2.27 bits per heavy atom. The highest BCUT2D eigenvalue weighted by atomic mass is 35.5. The number of benzene rings is 1. The number of Topliss-reactive ketones (excluding diaryl/α,β-unsaturated/α-hetero) is 1. The van der Waals surface area contributed by atoms with Crippen molar-refractivity contribution in [2.75, 3.05) is 6.61 Å². The van der Waals surface area contributed by atoms with E-state index in [1.54, 1.807) is 12.3 Å². The van der Waals surface area contributed by atoms with Crippen molar-refractivity contribution >= 4 is 30.0 Å². The molecule has 0 amide bonds. The topological polar surface area (TPSA) is 59.4 Å². The number of hydrogen-bond donors (Lipinski definition) is 1. The molecule has 0 aliphatic carbocycles. The lowest BCUT2D eigenvalue weighted by molar-refractivity contribution is 0.0988.